The Morgan fingerprint density at radius 2 is 2.10 bits per heavy atom. The third-order valence-electron chi connectivity index (χ3n) is 5.34. The molecule has 9 heteroatoms. The topological polar surface area (TPSA) is 88.1 Å². The average Bonchev–Trinajstić information content (AvgIpc) is 3.55. The number of nitrogens with zero attached hydrogens (tertiary/aromatic N) is 5. The van der Waals surface area contributed by atoms with Crippen molar-refractivity contribution in [3.05, 3.63) is 36.0 Å². The van der Waals surface area contributed by atoms with Crippen LogP contribution in [0.15, 0.2) is 33.9 Å². The highest BCUT2D eigenvalue weighted by Crippen LogP contribution is 2.35. The predicted octanol–water partition coefficient (Wildman–Crippen LogP) is 4.71. The van der Waals surface area contributed by atoms with Crippen molar-refractivity contribution in [3.63, 3.8) is 0 Å². The molecule has 0 unspecified atom stereocenters. The molecule has 1 aromatic carbocycles. The number of aryl methyl sites for hydroxylation is 1. The second-order valence-electron chi connectivity index (χ2n) is 7.69. The van der Waals surface area contributed by atoms with Crippen LogP contribution in [0.5, 0.6) is 5.75 Å². The van der Waals surface area contributed by atoms with Crippen molar-refractivity contribution in [1.82, 2.24) is 24.9 Å². The van der Waals surface area contributed by atoms with Crippen LogP contribution in [0, 0.1) is 0 Å². The number of thioether (sulfide) groups is 1. The summed E-state index contributed by atoms with van der Waals surface area (Å²) >= 11 is 1.58. The van der Waals surface area contributed by atoms with E-state index in [2.05, 4.69) is 38.8 Å². The zero-order valence-electron chi connectivity index (χ0n) is 18.3. The molecule has 0 N–H and O–H groups in total. The lowest BCUT2D eigenvalue weighted by Crippen LogP contribution is -2.16. The maximum atomic E-state index is 5.89. The van der Waals surface area contributed by atoms with Gasteiger partial charge in [-0.25, -0.2) is 0 Å². The molecule has 0 bridgehead atoms. The highest BCUT2D eigenvalue weighted by molar-refractivity contribution is 7.99. The zero-order valence-corrected chi connectivity index (χ0v) is 19.1. The molecule has 4 rings (SSSR count). The van der Waals surface area contributed by atoms with Crippen LogP contribution in [-0.4, -0.2) is 44.7 Å². The van der Waals surface area contributed by atoms with Gasteiger partial charge in [0.2, 0.25) is 5.89 Å². The molecule has 0 aliphatic carbocycles. The summed E-state index contributed by atoms with van der Waals surface area (Å²) in [4.78, 5) is 4.57. The van der Waals surface area contributed by atoms with Crippen LogP contribution in [0.25, 0.3) is 11.4 Å². The summed E-state index contributed by atoms with van der Waals surface area (Å²) in [6.45, 7) is 5.74. The Bertz CT molecular complexity index is 966. The lowest BCUT2D eigenvalue weighted by atomic mass is 10.2. The average molecular weight is 444 g/mol. The summed E-state index contributed by atoms with van der Waals surface area (Å²) in [5.74, 6) is 3.02. The number of hydrogen-bond acceptors (Lipinski definition) is 8. The molecule has 1 fully saturated rings. The fraction of sp³-hybridized carbons (Fsp3) is 0.545. The van der Waals surface area contributed by atoms with E-state index in [0.717, 1.165) is 73.4 Å². The number of hydrogen-bond donors (Lipinski definition) is 0. The standard InChI is InChI=1S/C22H29N5O3S/c1-4-5-8-19-23-21(30-26-19)15(2)31-22-25-24-20(16-9-11-17(28-3)12-10-16)27(22)14-18-7-6-13-29-18/h9-12,15,18H,4-8,13-14H2,1-3H3/t15-,18-/m1/s1. The Morgan fingerprint density at radius 1 is 1.26 bits per heavy atom. The van der Waals surface area contributed by atoms with Gasteiger partial charge in [-0.15, -0.1) is 10.2 Å². The van der Waals surface area contributed by atoms with Gasteiger partial charge in [-0.3, -0.25) is 4.57 Å². The van der Waals surface area contributed by atoms with E-state index in [0.29, 0.717) is 5.89 Å². The minimum Gasteiger partial charge on any atom is -0.497 e. The molecule has 1 saturated heterocycles. The molecule has 0 spiro atoms. The molecule has 1 aliphatic heterocycles. The lowest BCUT2D eigenvalue weighted by molar-refractivity contribution is 0.0953. The van der Waals surface area contributed by atoms with E-state index < -0.39 is 0 Å². The molecule has 31 heavy (non-hydrogen) atoms. The van der Waals surface area contributed by atoms with E-state index in [9.17, 15) is 0 Å². The van der Waals surface area contributed by atoms with Crippen LogP contribution in [0.2, 0.25) is 0 Å². The van der Waals surface area contributed by atoms with Crippen LogP contribution in [0.4, 0.5) is 0 Å². The molecule has 0 radical (unpaired) electrons. The first-order valence-electron chi connectivity index (χ1n) is 10.9. The lowest BCUT2D eigenvalue weighted by Gasteiger charge is -2.15. The smallest absolute Gasteiger partial charge is 0.239 e. The van der Waals surface area contributed by atoms with Gasteiger partial charge < -0.3 is 14.0 Å². The number of ether oxygens (including phenoxy) is 2. The first-order valence-corrected chi connectivity index (χ1v) is 11.7. The van der Waals surface area contributed by atoms with E-state index in [1.165, 1.54) is 0 Å². The molecule has 0 saturated carbocycles. The molecule has 3 aromatic rings. The summed E-state index contributed by atoms with van der Waals surface area (Å²) in [7, 11) is 1.66. The molecular weight excluding hydrogens is 414 g/mol. The van der Waals surface area contributed by atoms with E-state index in [-0.39, 0.29) is 11.4 Å². The summed E-state index contributed by atoms with van der Waals surface area (Å²) < 4.78 is 18.8. The Labute approximate surface area is 186 Å². The maximum absolute atomic E-state index is 5.89. The molecule has 166 valence electrons. The van der Waals surface area contributed by atoms with Crippen molar-refractivity contribution in [2.24, 2.45) is 0 Å². The van der Waals surface area contributed by atoms with Crippen molar-refractivity contribution in [1.29, 1.82) is 0 Å². The van der Waals surface area contributed by atoms with Crippen molar-refractivity contribution >= 4 is 11.8 Å². The summed E-state index contributed by atoms with van der Waals surface area (Å²) in [6, 6.07) is 7.88. The van der Waals surface area contributed by atoms with Crippen molar-refractivity contribution in [2.75, 3.05) is 13.7 Å². The van der Waals surface area contributed by atoms with Crippen LogP contribution in [-0.2, 0) is 17.7 Å². The fourth-order valence-corrected chi connectivity index (χ4v) is 4.45. The van der Waals surface area contributed by atoms with E-state index in [1.807, 2.05) is 24.3 Å². The second kappa shape index (κ2) is 10.3. The van der Waals surface area contributed by atoms with E-state index >= 15 is 0 Å². The predicted molar refractivity (Wildman–Crippen MR) is 118 cm³/mol. The number of unbranched alkanes of at least 4 members (excludes halogenated alkanes) is 1. The quantitative estimate of drug-likeness (QED) is 0.416. The van der Waals surface area contributed by atoms with Gasteiger partial charge in [-0.1, -0.05) is 30.3 Å². The van der Waals surface area contributed by atoms with E-state index in [1.54, 1.807) is 18.9 Å². The molecular formula is C22H29N5O3S. The highest BCUT2D eigenvalue weighted by Gasteiger charge is 2.25. The maximum Gasteiger partial charge on any atom is 0.239 e. The molecule has 1 aliphatic rings. The Balaban J connectivity index is 1.57. The Kier molecular flexibility index (Phi) is 7.24. The third-order valence-corrected chi connectivity index (χ3v) is 6.41. The minimum absolute atomic E-state index is 0.0287. The largest absolute Gasteiger partial charge is 0.497 e. The first kappa shape index (κ1) is 21.8. The van der Waals surface area contributed by atoms with Gasteiger partial charge in [0.25, 0.3) is 0 Å². The fourth-order valence-electron chi connectivity index (χ4n) is 3.56. The number of methoxy groups -OCH3 is 1. The third kappa shape index (κ3) is 5.27. The molecule has 2 atom stereocenters. The van der Waals surface area contributed by atoms with Crippen LogP contribution in [0.1, 0.15) is 56.5 Å². The summed E-state index contributed by atoms with van der Waals surface area (Å²) in [5, 5.41) is 13.9. The van der Waals surface area contributed by atoms with Crippen LogP contribution >= 0.6 is 11.8 Å². The summed E-state index contributed by atoms with van der Waals surface area (Å²) in [6.07, 6.45) is 5.31. The van der Waals surface area contributed by atoms with Gasteiger partial charge in [-0.2, -0.15) is 4.98 Å². The van der Waals surface area contributed by atoms with Gasteiger partial charge in [0.1, 0.15) is 5.75 Å². The molecule has 2 aromatic heterocycles. The number of rotatable bonds is 10. The van der Waals surface area contributed by atoms with Crippen molar-refractivity contribution < 1.29 is 14.0 Å². The summed E-state index contributed by atoms with van der Waals surface area (Å²) in [5.41, 5.74) is 0.991. The molecule has 0 amide bonds. The van der Waals surface area contributed by atoms with Crippen molar-refractivity contribution in [2.45, 2.75) is 69.0 Å². The molecule has 3 heterocycles. The normalized spacial score (nSPS) is 17.2. The Hall–Kier alpha value is -2.39. The monoisotopic (exact) mass is 443 g/mol. The minimum atomic E-state index is -0.0287. The van der Waals surface area contributed by atoms with Crippen LogP contribution in [0.3, 0.4) is 0 Å². The SMILES string of the molecule is CCCCc1noc([C@@H](C)Sc2nnc(-c3ccc(OC)cc3)n2C[C@H]2CCCO2)n1. The molecule has 8 nitrogen and oxygen atoms in total. The van der Waals surface area contributed by atoms with Gasteiger partial charge in [0, 0.05) is 18.6 Å². The van der Waals surface area contributed by atoms with E-state index in [4.69, 9.17) is 14.0 Å². The van der Waals surface area contributed by atoms with Gasteiger partial charge >= 0.3 is 0 Å². The first-order chi connectivity index (χ1) is 15.2. The van der Waals surface area contributed by atoms with Gasteiger partial charge in [-0.05, 0) is 50.5 Å². The number of aromatic nitrogens is 5. The van der Waals surface area contributed by atoms with Crippen molar-refractivity contribution in [3.8, 4) is 17.1 Å². The van der Waals surface area contributed by atoms with Gasteiger partial charge in [0.05, 0.1) is 25.0 Å². The van der Waals surface area contributed by atoms with Gasteiger partial charge in [0.15, 0.2) is 16.8 Å². The second-order valence-corrected chi connectivity index (χ2v) is 9.00. The Morgan fingerprint density at radius 3 is 2.81 bits per heavy atom. The van der Waals surface area contributed by atoms with Crippen LogP contribution < -0.4 is 4.74 Å². The number of benzene rings is 1. The highest BCUT2D eigenvalue weighted by atomic mass is 32.2. The zero-order chi connectivity index (χ0) is 21.6.